The number of ether oxygens (including phenoxy) is 1. The lowest BCUT2D eigenvalue weighted by molar-refractivity contribution is 0.0843. The number of hydrogen-bond donors (Lipinski definition) is 1. The van der Waals surface area contributed by atoms with Crippen LogP contribution in [0.5, 0.6) is 5.75 Å². The minimum atomic E-state index is 0.371. The van der Waals surface area contributed by atoms with E-state index in [0.29, 0.717) is 18.7 Å². The Kier molecular flexibility index (Phi) is 5.23. The average Bonchev–Trinajstić information content (AvgIpc) is 2.42. The van der Waals surface area contributed by atoms with Crippen molar-refractivity contribution in [2.24, 2.45) is 5.73 Å². The molecule has 0 unspecified atom stereocenters. The highest BCUT2D eigenvalue weighted by Gasteiger charge is 2.21. The minimum absolute atomic E-state index is 0.371. The monoisotopic (exact) mass is 262 g/mol. The normalized spacial score (nSPS) is 17.9. The fourth-order valence-electron chi connectivity index (χ4n) is 2.60. The molecule has 0 bridgehead atoms. The van der Waals surface area contributed by atoms with Gasteiger partial charge in [-0.3, -0.25) is 0 Å². The molecule has 106 valence electrons. The molecule has 19 heavy (non-hydrogen) atoms. The smallest absolute Gasteiger partial charge is 0.119 e. The van der Waals surface area contributed by atoms with Gasteiger partial charge in [0.25, 0.3) is 0 Å². The van der Waals surface area contributed by atoms with Gasteiger partial charge in [-0.15, -0.1) is 0 Å². The van der Waals surface area contributed by atoms with Crippen LogP contribution in [0.25, 0.3) is 0 Å². The predicted octanol–water partition coefficient (Wildman–Crippen LogP) is 2.44. The summed E-state index contributed by atoms with van der Waals surface area (Å²) in [5.74, 6) is 0.990. The van der Waals surface area contributed by atoms with Crippen LogP contribution in [-0.4, -0.2) is 36.7 Å². The molecule has 1 fully saturated rings. The van der Waals surface area contributed by atoms with Gasteiger partial charge in [-0.05, 0) is 57.4 Å². The van der Waals surface area contributed by atoms with Crippen LogP contribution in [0, 0.1) is 0 Å². The number of benzene rings is 1. The molecule has 2 N–H and O–H groups in total. The van der Waals surface area contributed by atoms with Gasteiger partial charge in [0.1, 0.15) is 11.9 Å². The van der Waals surface area contributed by atoms with Gasteiger partial charge in [-0.2, -0.15) is 0 Å². The van der Waals surface area contributed by atoms with Gasteiger partial charge in [0.05, 0.1) is 0 Å². The molecule has 0 spiro atoms. The van der Waals surface area contributed by atoms with E-state index in [1.165, 1.54) is 5.56 Å². The summed E-state index contributed by atoms with van der Waals surface area (Å²) in [7, 11) is 0. The second kappa shape index (κ2) is 6.92. The lowest BCUT2D eigenvalue weighted by atomic mass is 10.1. The second-order valence-electron chi connectivity index (χ2n) is 5.63. The molecule has 1 saturated heterocycles. The standard InChI is InChI=1S/C16H26N2O/c1-13(2)18-11-8-16(9-12-18)19-15-5-3-14(4-6-15)7-10-17/h3-6,13,16H,7-12,17H2,1-2H3. The van der Waals surface area contributed by atoms with E-state index >= 15 is 0 Å². The summed E-state index contributed by atoms with van der Waals surface area (Å²) in [6.07, 6.45) is 3.56. The molecule has 3 heteroatoms. The highest BCUT2D eigenvalue weighted by molar-refractivity contribution is 5.27. The van der Waals surface area contributed by atoms with Crippen molar-refractivity contribution in [3.05, 3.63) is 29.8 Å². The van der Waals surface area contributed by atoms with E-state index < -0.39 is 0 Å². The van der Waals surface area contributed by atoms with Crippen molar-refractivity contribution in [1.82, 2.24) is 4.90 Å². The lowest BCUT2D eigenvalue weighted by Gasteiger charge is -2.34. The molecule has 2 rings (SSSR count). The van der Waals surface area contributed by atoms with E-state index in [2.05, 4.69) is 43.0 Å². The maximum Gasteiger partial charge on any atom is 0.119 e. The van der Waals surface area contributed by atoms with E-state index in [0.717, 1.165) is 38.1 Å². The van der Waals surface area contributed by atoms with Gasteiger partial charge in [0, 0.05) is 19.1 Å². The van der Waals surface area contributed by atoms with Crippen LogP contribution in [-0.2, 0) is 6.42 Å². The molecule has 0 saturated carbocycles. The molecule has 0 radical (unpaired) electrons. The largest absolute Gasteiger partial charge is 0.490 e. The Balaban J connectivity index is 1.82. The topological polar surface area (TPSA) is 38.5 Å². The second-order valence-corrected chi connectivity index (χ2v) is 5.63. The minimum Gasteiger partial charge on any atom is -0.490 e. The first-order chi connectivity index (χ1) is 9.19. The first-order valence-electron chi connectivity index (χ1n) is 7.38. The van der Waals surface area contributed by atoms with Crippen LogP contribution in [0.2, 0.25) is 0 Å². The van der Waals surface area contributed by atoms with Gasteiger partial charge in [-0.25, -0.2) is 0 Å². The Bertz CT molecular complexity index is 367. The van der Waals surface area contributed by atoms with Crippen LogP contribution in [0.4, 0.5) is 0 Å². The van der Waals surface area contributed by atoms with Crippen LogP contribution in [0.3, 0.4) is 0 Å². The Morgan fingerprint density at radius 2 is 1.84 bits per heavy atom. The summed E-state index contributed by atoms with van der Waals surface area (Å²) in [5, 5.41) is 0. The molecular weight excluding hydrogens is 236 g/mol. The lowest BCUT2D eigenvalue weighted by Crippen LogP contribution is -2.41. The van der Waals surface area contributed by atoms with E-state index in [-0.39, 0.29) is 0 Å². The zero-order valence-corrected chi connectivity index (χ0v) is 12.1. The molecule has 1 aromatic carbocycles. The van der Waals surface area contributed by atoms with Crippen molar-refractivity contribution in [2.75, 3.05) is 19.6 Å². The maximum atomic E-state index is 6.06. The quantitative estimate of drug-likeness (QED) is 0.886. The van der Waals surface area contributed by atoms with Crippen molar-refractivity contribution < 1.29 is 4.74 Å². The number of likely N-dealkylation sites (tertiary alicyclic amines) is 1. The molecule has 0 atom stereocenters. The fraction of sp³-hybridized carbons (Fsp3) is 0.625. The van der Waals surface area contributed by atoms with Gasteiger partial charge >= 0.3 is 0 Å². The summed E-state index contributed by atoms with van der Waals surface area (Å²) in [4.78, 5) is 2.52. The van der Waals surface area contributed by atoms with Gasteiger partial charge < -0.3 is 15.4 Å². The zero-order chi connectivity index (χ0) is 13.7. The molecule has 0 amide bonds. The molecule has 1 heterocycles. The van der Waals surface area contributed by atoms with Crippen molar-refractivity contribution in [3.8, 4) is 5.75 Å². The highest BCUT2D eigenvalue weighted by atomic mass is 16.5. The third kappa shape index (κ3) is 4.22. The summed E-state index contributed by atoms with van der Waals surface area (Å²) < 4.78 is 6.06. The van der Waals surface area contributed by atoms with E-state index in [4.69, 9.17) is 10.5 Å². The Hall–Kier alpha value is -1.06. The summed E-state index contributed by atoms with van der Waals surface area (Å²) in [6, 6.07) is 9.02. The van der Waals surface area contributed by atoms with Crippen molar-refractivity contribution >= 4 is 0 Å². The first-order valence-corrected chi connectivity index (χ1v) is 7.38. The number of piperidine rings is 1. The molecule has 0 aromatic heterocycles. The number of nitrogens with zero attached hydrogens (tertiary/aromatic N) is 1. The molecule has 3 nitrogen and oxygen atoms in total. The van der Waals surface area contributed by atoms with Crippen molar-refractivity contribution in [1.29, 1.82) is 0 Å². The Morgan fingerprint density at radius 3 is 2.37 bits per heavy atom. The molecular formula is C16H26N2O. The van der Waals surface area contributed by atoms with E-state index in [9.17, 15) is 0 Å². The number of nitrogens with two attached hydrogens (primary N) is 1. The number of rotatable bonds is 5. The zero-order valence-electron chi connectivity index (χ0n) is 12.1. The summed E-state index contributed by atoms with van der Waals surface area (Å²) in [6.45, 7) is 7.52. The Labute approximate surface area is 116 Å². The van der Waals surface area contributed by atoms with Crippen molar-refractivity contribution in [2.45, 2.75) is 45.3 Å². The number of hydrogen-bond acceptors (Lipinski definition) is 3. The summed E-state index contributed by atoms with van der Waals surface area (Å²) >= 11 is 0. The van der Waals surface area contributed by atoms with E-state index in [1.54, 1.807) is 0 Å². The molecule has 1 aromatic rings. The van der Waals surface area contributed by atoms with Crippen LogP contribution in [0.15, 0.2) is 24.3 Å². The third-order valence-electron chi connectivity index (χ3n) is 3.87. The molecule has 0 aliphatic carbocycles. The Morgan fingerprint density at radius 1 is 1.21 bits per heavy atom. The van der Waals surface area contributed by atoms with Crippen LogP contribution in [0.1, 0.15) is 32.3 Å². The fourth-order valence-corrected chi connectivity index (χ4v) is 2.60. The van der Waals surface area contributed by atoms with Gasteiger partial charge in [0.2, 0.25) is 0 Å². The predicted molar refractivity (Wildman–Crippen MR) is 79.6 cm³/mol. The summed E-state index contributed by atoms with van der Waals surface area (Å²) in [5.41, 5.74) is 6.83. The van der Waals surface area contributed by atoms with Gasteiger partial charge in [-0.1, -0.05) is 12.1 Å². The first kappa shape index (κ1) is 14.4. The molecule has 1 aliphatic heterocycles. The van der Waals surface area contributed by atoms with Crippen LogP contribution < -0.4 is 10.5 Å². The van der Waals surface area contributed by atoms with Gasteiger partial charge in [0.15, 0.2) is 0 Å². The maximum absolute atomic E-state index is 6.06. The third-order valence-corrected chi connectivity index (χ3v) is 3.87. The molecule has 1 aliphatic rings. The highest BCUT2D eigenvalue weighted by Crippen LogP contribution is 2.20. The van der Waals surface area contributed by atoms with Crippen LogP contribution >= 0.6 is 0 Å². The van der Waals surface area contributed by atoms with Crippen molar-refractivity contribution in [3.63, 3.8) is 0 Å². The average molecular weight is 262 g/mol. The van der Waals surface area contributed by atoms with E-state index in [1.807, 2.05) is 0 Å². The SMILES string of the molecule is CC(C)N1CCC(Oc2ccc(CCN)cc2)CC1.